The van der Waals surface area contributed by atoms with Gasteiger partial charge >= 0.3 is 5.97 Å². The topological polar surface area (TPSA) is 46.5 Å². The molecule has 0 amide bonds. The third-order valence-electron chi connectivity index (χ3n) is 8.76. The van der Waals surface area contributed by atoms with Crippen molar-refractivity contribution in [1.82, 2.24) is 0 Å². The van der Waals surface area contributed by atoms with Crippen LogP contribution in [0.3, 0.4) is 0 Å². The molecule has 2 rings (SSSR count). The van der Waals surface area contributed by atoms with Gasteiger partial charge in [0.05, 0.1) is 0 Å². The van der Waals surface area contributed by atoms with Crippen LogP contribution in [0.25, 0.3) is 0 Å². The molecular formula is C42H70O3. The fourth-order valence-corrected chi connectivity index (χ4v) is 5.87. The molecule has 0 aromatic heterocycles. The van der Waals surface area contributed by atoms with Crippen LogP contribution in [0, 0.1) is 0 Å². The van der Waals surface area contributed by atoms with E-state index in [1.165, 1.54) is 146 Å². The molecule has 0 saturated carbocycles. The summed E-state index contributed by atoms with van der Waals surface area (Å²) in [4.78, 5) is 10.2. The lowest BCUT2D eigenvalue weighted by molar-refractivity contribution is -0.137. The van der Waals surface area contributed by atoms with Crippen LogP contribution < -0.4 is 4.74 Å². The van der Waals surface area contributed by atoms with Crippen LogP contribution in [0.2, 0.25) is 0 Å². The van der Waals surface area contributed by atoms with E-state index >= 15 is 0 Å². The zero-order chi connectivity index (χ0) is 32.6. The maximum absolute atomic E-state index is 10.2. The number of carbonyl (C=O) groups is 1. The second-order valence-corrected chi connectivity index (χ2v) is 13.0. The van der Waals surface area contributed by atoms with Gasteiger partial charge in [0.15, 0.2) is 0 Å². The number of carboxylic acids is 1. The van der Waals surface area contributed by atoms with Crippen molar-refractivity contribution in [2.24, 2.45) is 0 Å². The van der Waals surface area contributed by atoms with Gasteiger partial charge in [0.25, 0.3) is 0 Å². The van der Waals surface area contributed by atoms with Crippen LogP contribution in [0.1, 0.15) is 186 Å². The molecule has 256 valence electrons. The summed E-state index contributed by atoms with van der Waals surface area (Å²) in [5.74, 6) is 1.42. The minimum atomic E-state index is -0.659. The van der Waals surface area contributed by atoms with Gasteiger partial charge in [-0.3, -0.25) is 4.79 Å². The molecule has 0 bridgehead atoms. The molecule has 0 atom stereocenters. The van der Waals surface area contributed by atoms with Gasteiger partial charge in [-0.05, 0) is 55.4 Å². The zero-order valence-corrected chi connectivity index (χ0v) is 29.8. The molecule has 45 heavy (non-hydrogen) atoms. The smallest absolute Gasteiger partial charge is 0.303 e. The molecule has 1 N–H and O–H groups in total. The monoisotopic (exact) mass is 623 g/mol. The Morgan fingerprint density at radius 3 is 1.13 bits per heavy atom. The molecule has 0 aliphatic heterocycles. The quantitative estimate of drug-likeness (QED) is 0.0960. The van der Waals surface area contributed by atoms with Gasteiger partial charge in [0.2, 0.25) is 0 Å². The first-order valence-corrected chi connectivity index (χ1v) is 19.2. The Morgan fingerprint density at radius 1 is 0.467 bits per heavy atom. The third kappa shape index (κ3) is 23.7. The van der Waals surface area contributed by atoms with Gasteiger partial charge in [-0.2, -0.15) is 0 Å². The Labute approximate surface area is 279 Å². The fourth-order valence-electron chi connectivity index (χ4n) is 5.87. The standard InChI is InChI=1S/C30H46O.C12H24O2/c1-3-5-7-9-11-13-15-21-27-23-17-19-25-29(27)31-30-26-20-18-24-28(30)22-16-14-12-10-8-6-4-2;1-2-3-4-5-6-7-8-9-10-11-12(13)14/h17-20,23-26H,3-16,21-22H2,1-2H3;2-11H2,1H3,(H,13,14). The molecule has 0 unspecified atom stereocenters. The first-order chi connectivity index (χ1) is 22.1. The summed E-state index contributed by atoms with van der Waals surface area (Å²) in [5, 5.41) is 8.41. The fraction of sp³-hybridized carbons (Fsp3) is 0.690. The highest BCUT2D eigenvalue weighted by atomic mass is 16.5. The highest BCUT2D eigenvalue weighted by Gasteiger charge is 2.08. The van der Waals surface area contributed by atoms with Gasteiger partial charge in [-0.15, -0.1) is 0 Å². The highest BCUT2D eigenvalue weighted by Crippen LogP contribution is 2.30. The number of carboxylic acid groups (broad SMARTS) is 1. The highest BCUT2D eigenvalue weighted by molar-refractivity contribution is 5.66. The van der Waals surface area contributed by atoms with Gasteiger partial charge < -0.3 is 9.84 Å². The first kappa shape index (κ1) is 40.7. The molecule has 0 spiro atoms. The number of benzene rings is 2. The molecule has 2 aromatic rings. The van der Waals surface area contributed by atoms with Gasteiger partial charge in [0.1, 0.15) is 11.5 Å². The van der Waals surface area contributed by atoms with Crippen LogP contribution >= 0.6 is 0 Å². The summed E-state index contributed by atoms with van der Waals surface area (Å²) in [6.45, 7) is 6.79. The number of hydrogen-bond acceptors (Lipinski definition) is 2. The van der Waals surface area contributed by atoms with Crippen LogP contribution in [0.4, 0.5) is 0 Å². The number of rotatable bonds is 28. The Hall–Kier alpha value is -2.29. The molecule has 0 fully saturated rings. The number of aliphatic carboxylic acids is 1. The van der Waals surface area contributed by atoms with Crippen LogP contribution in [0.15, 0.2) is 48.5 Å². The van der Waals surface area contributed by atoms with Crippen molar-refractivity contribution in [3.63, 3.8) is 0 Å². The van der Waals surface area contributed by atoms with Gasteiger partial charge in [0, 0.05) is 6.42 Å². The van der Waals surface area contributed by atoms with Crippen LogP contribution in [-0.4, -0.2) is 11.1 Å². The van der Waals surface area contributed by atoms with Crippen LogP contribution in [-0.2, 0) is 17.6 Å². The predicted molar refractivity (Wildman–Crippen MR) is 196 cm³/mol. The average molecular weight is 623 g/mol. The van der Waals surface area contributed by atoms with Crippen LogP contribution in [0.5, 0.6) is 11.5 Å². The largest absolute Gasteiger partial charge is 0.481 e. The third-order valence-corrected chi connectivity index (χ3v) is 8.76. The maximum Gasteiger partial charge on any atom is 0.303 e. The molecule has 0 aliphatic rings. The van der Waals surface area contributed by atoms with E-state index in [0.717, 1.165) is 37.2 Å². The summed E-state index contributed by atoms with van der Waals surface area (Å²) in [6, 6.07) is 17.3. The van der Waals surface area contributed by atoms with E-state index in [0.29, 0.717) is 6.42 Å². The minimum absolute atomic E-state index is 0.343. The second kappa shape index (κ2) is 30.4. The van der Waals surface area contributed by atoms with Crippen molar-refractivity contribution < 1.29 is 14.6 Å². The summed E-state index contributed by atoms with van der Waals surface area (Å²) in [5.41, 5.74) is 2.70. The number of hydrogen-bond donors (Lipinski definition) is 1. The molecule has 0 aliphatic carbocycles. The van der Waals surface area contributed by atoms with Crippen molar-refractivity contribution in [1.29, 1.82) is 0 Å². The molecule has 0 heterocycles. The Morgan fingerprint density at radius 2 is 0.778 bits per heavy atom. The van der Waals surface area contributed by atoms with Crippen molar-refractivity contribution in [2.45, 2.75) is 188 Å². The lowest BCUT2D eigenvalue weighted by Gasteiger charge is -2.14. The summed E-state index contributed by atoms with van der Waals surface area (Å²) >= 11 is 0. The number of unbranched alkanes of at least 4 members (excludes halogenated alkanes) is 20. The molecule has 2 aromatic carbocycles. The van der Waals surface area contributed by atoms with E-state index in [1.54, 1.807) is 0 Å². The summed E-state index contributed by atoms with van der Waals surface area (Å²) in [6.07, 6.45) is 32.6. The lowest BCUT2D eigenvalue weighted by atomic mass is 10.0. The molecular weight excluding hydrogens is 552 g/mol. The van der Waals surface area contributed by atoms with E-state index in [1.807, 2.05) is 0 Å². The van der Waals surface area contributed by atoms with Gasteiger partial charge in [-0.25, -0.2) is 0 Å². The van der Waals surface area contributed by atoms with E-state index in [9.17, 15) is 4.79 Å². The predicted octanol–water partition coefficient (Wildman–Crippen LogP) is 14.1. The average Bonchev–Trinajstić information content (AvgIpc) is 3.05. The van der Waals surface area contributed by atoms with Gasteiger partial charge in [-0.1, -0.05) is 186 Å². The normalized spacial score (nSPS) is 10.8. The Bertz CT molecular complexity index is 878. The van der Waals surface area contributed by atoms with Crippen molar-refractivity contribution >= 4 is 5.97 Å². The number of ether oxygens (including phenoxy) is 1. The number of aryl methyl sites for hydroxylation is 2. The minimum Gasteiger partial charge on any atom is -0.481 e. The van der Waals surface area contributed by atoms with Crippen molar-refractivity contribution in [3.8, 4) is 11.5 Å². The van der Waals surface area contributed by atoms with E-state index in [2.05, 4.69) is 69.3 Å². The molecule has 0 radical (unpaired) electrons. The van der Waals surface area contributed by atoms with E-state index in [4.69, 9.17) is 9.84 Å². The Kier molecular flexibility index (Phi) is 27.5. The summed E-state index contributed by atoms with van der Waals surface area (Å²) in [7, 11) is 0. The van der Waals surface area contributed by atoms with E-state index < -0.39 is 5.97 Å². The SMILES string of the molecule is CCCCCCCCCCCC(=O)O.CCCCCCCCCc1ccccc1Oc1ccccc1CCCCCCCCC. The molecule has 3 nitrogen and oxygen atoms in total. The second-order valence-electron chi connectivity index (χ2n) is 13.0. The van der Waals surface area contributed by atoms with Crippen molar-refractivity contribution in [2.75, 3.05) is 0 Å². The lowest BCUT2D eigenvalue weighted by Crippen LogP contribution is -1.96. The molecule has 3 heteroatoms. The van der Waals surface area contributed by atoms with E-state index in [-0.39, 0.29) is 0 Å². The Balaban J connectivity index is 0.000000609. The maximum atomic E-state index is 10.2. The van der Waals surface area contributed by atoms with Crippen molar-refractivity contribution in [3.05, 3.63) is 59.7 Å². The number of para-hydroxylation sites is 2. The summed E-state index contributed by atoms with van der Waals surface area (Å²) < 4.78 is 6.46. The zero-order valence-electron chi connectivity index (χ0n) is 29.8. The molecule has 0 saturated heterocycles. The first-order valence-electron chi connectivity index (χ1n) is 19.2.